The largest absolute Gasteiger partial charge is 0.381 e. The molecule has 158 valence electrons. The van der Waals surface area contributed by atoms with Gasteiger partial charge in [-0.05, 0) is 73.8 Å². The molecule has 0 bridgehead atoms. The lowest BCUT2D eigenvalue weighted by atomic mass is 9.61. The predicted octanol–water partition coefficient (Wildman–Crippen LogP) is 4.79. The minimum absolute atomic E-state index is 0.121. The summed E-state index contributed by atoms with van der Waals surface area (Å²) in [6.45, 7) is 4.53. The third kappa shape index (κ3) is 3.16. The Morgan fingerprint density at radius 2 is 2.03 bits per heavy atom. The number of amides is 1. The van der Waals surface area contributed by atoms with E-state index in [0.717, 1.165) is 43.7 Å². The second-order valence-electron chi connectivity index (χ2n) is 9.49. The summed E-state index contributed by atoms with van der Waals surface area (Å²) in [6.07, 6.45) is 9.50. The van der Waals surface area contributed by atoms with E-state index in [0.29, 0.717) is 12.0 Å². The molecule has 0 N–H and O–H groups in total. The van der Waals surface area contributed by atoms with Crippen molar-refractivity contribution >= 4 is 22.8 Å². The van der Waals surface area contributed by atoms with Gasteiger partial charge in [0.25, 0.3) is 5.91 Å². The molecule has 1 unspecified atom stereocenters. The van der Waals surface area contributed by atoms with Crippen LogP contribution in [0.2, 0.25) is 0 Å². The van der Waals surface area contributed by atoms with E-state index in [1.54, 1.807) is 23.8 Å². The molecule has 1 amide bonds. The van der Waals surface area contributed by atoms with Crippen molar-refractivity contribution in [1.29, 1.82) is 0 Å². The molecule has 3 aliphatic rings. The van der Waals surface area contributed by atoms with Crippen molar-refractivity contribution in [2.75, 3.05) is 20.4 Å². The van der Waals surface area contributed by atoms with Crippen LogP contribution < -0.4 is 0 Å². The van der Waals surface area contributed by atoms with Gasteiger partial charge in [-0.2, -0.15) is 0 Å². The van der Waals surface area contributed by atoms with Gasteiger partial charge in [0.2, 0.25) is 0 Å². The summed E-state index contributed by atoms with van der Waals surface area (Å²) in [5, 5.41) is 0.851. The number of ether oxygens (including phenoxy) is 1. The van der Waals surface area contributed by atoms with Crippen molar-refractivity contribution in [1.82, 2.24) is 4.90 Å². The van der Waals surface area contributed by atoms with Crippen LogP contribution in [0.3, 0.4) is 0 Å². The van der Waals surface area contributed by atoms with E-state index < -0.39 is 5.54 Å². The number of amidine groups is 1. The second-order valence-corrected chi connectivity index (χ2v) is 10.3. The van der Waals surface area contributed by atoms with Gasteiger partial charge in [-0.15, -0.1) is 0 Å². The number of aryl methyl sites for hydroxylation is 1. The van der Waals surface area contributed by atoms with Gasteiger partial charge in [-0.3, -0.25) is 9.69 Å². The molecular weight excluding hydrogens is 380 g/mol. The van der Waals surface area contributed by atoms with Crippen LogP contribution in [-0.4, -0.2) is 42.5 Å². The molecule has 1 aliphatic heterocycles. The number of hydrogen-bond acceptors (Lipinski definition) is 4. The third-order valence-corrected chi connectivity index (χ3v) is 8.17. The van der Waals surface area contributed by atoms with E-state index in [4.69, 9.17) is 9.73 Å². The Hall–Kier alpha value is -1.33. The number of methoxy groups -OCH3 is 1. The lowest BCUT2D eigenvalue weighted by Gasteiger charge is -2.45. The summed E-state index contributed by atoms with van der Waals surface area (Å²) in [7, 11) is 3.70. The fourth-order valence-electron chi connectivity index (χ4n) is 5.72. The van der Waals surface area contributed by atoms with E-state index in [1.807, 2.05) is 13.3 Å². The number of rotatable bonds is 4. The van der Waals surface area contributed by atoms with E-state index in [1.165, 1.54) is 23.1 Å². The number of hydrogen-bond donors (Lipinski definition) is 0. The zero-order valence-corrected chi connectivity index (χ0v) is 19.3. The Morgan fingerprint density at radius 3 is 2.62 bits per heavy atom. The van der Waals surface area contributed by atoms with Crippen molar-refractivity contribution in [2.45, 2.75) is 70.4 Å². The first-order chi connectivity index (χ1) is 13.9. The molecule has 2 spiro atoms. The molecule has 0 saturated heterocycles. The number of aliphatic imine (C=N–C) groups is 1. The van der Waals surface area contributed by atoms with Crippen molar-refractivity contribution in [3.05, 3.63) is 34.9 Å². The Kier molecular flexibility index (Phi) is 5.58. The monoisotopic (exact) mass is 414 g/mol. The highest BCUT2D eigenvalue weighted by molar-refractivity contribution is 8.13. The molecule has 1 fully saturated rings. The smallest absolute Gasteiger partial charge is 0.261 e. The van der Waals surface area contributed by atoms with Crippen molar-refractivity contribution in [3.8, 4) is 0 Å². The molecule has 29 heavy (non-hydrogen) atoms. The standard InChI is InChI=1S/C24H34N2O2S/c1-16(2)6-7-17-8-9-18-15-23(12-10-19(28-4)11-13-23)24(20(18)14-17)21(27)26(3)22(25-24)29-5/h8-9,14,16,19H,6-7,10-13,15H2,1-5H3/t19-,23-,24?. The van der Waals surface area contributed by atoms with Crippen LogP contribution in [0.4, 0.5) is 0 Å². The van der Waals surface area contributed by atoms with Crippen molar-refractivity contribution < 1.29 is 9.53 Å². The summed E-state index contributed by atoms with van der Waals surface area (Å²) in [6, 6.07) is 6.87. The van der Waals surface area contributed by atoms with Gasteiger partial charge in [0.05, 0.1) is 6.10 Å². The number of carbonyl (C=O) groups is 1. The summed E-state index contributed by atoms with van der Waals surface area (Å²) >= 11 is 1.58. The lowest BCUT2D eigenvalue weighted by molar-refractivity contribution is -0.137. The zero-order chi connectivity index (χ0) is 20.8. The topological polar surface area (TPSA) is 41.9 Å². The number of nitrogens with zero attached hydrogens (tertiary/aromatic N) is 2. The summed E-state index contributed by atoms with van der Waals surface area (Å²) in [4.78, 5) is 20.8. The van der Waals surface area contributed by atoms with Gasteiger partial charge < -0.3 is 4.74 Å². The molecule has 4 nitrogen and oxygen atoms in total. The summed E-state index contributed by atoms with van der Waals surface area (Å²) < 4.78 is 5.65. The number of likely N-dealkylation sites (N-methyl/N-ethyl adjacent to an activating group) is 1. The van der Waals surface area contributed by atoms with Gasteiger partial charge in [0, 0.05) is 19.6 Å². The molecule has 1 atom stereocenters. The number of carbonyl (C=O) groups excluding carboxylic acids is 1. The van der Waals surface area contributed by atoms with Crippen molar-refractivity contribution in [3.63, 3.8) is 0 Å². The van der Waals surface area contributed by atoms with Gasteiger partial charge >= 0.3 is 0 Å². The van der Waals surface area contributed by atoms with Crippen LogP contribution in [0.15, 0.2) is 23.2 Å². The Balaban J connectivity index is 1.81. The highest BCUT2D eigenvalue weighted by Crippen LogP contribution is 2.62. The summed E-state index contributed by atoms with van der Waals surface area (Å²) in [5.41, 5.74) is 2.96. The second kappa shape index (κ2) is 7.73. The first-order valence-electron chi connectivity index (χ1n) is 10.9. The lowest BCUT2D eigenvalue weighted by Crippen LogP contribution is -2.51. The minimum Gasteiger partial charge on any atom is -0.381 e. The van der Waals surface area contributed by atoms with Gasteiger partial charge in [0.1, 0.15) is 0 Å². The molecule has 1 aromatic carbocycles. The molecule has 5 heteroatoms. The van der Waals surface area contributed by atoms with Crippen LogP contribution in [0, 0.1) is 11.3 Å². The van der Waals surface area contributed by atoms with E-state index >= 15 is 0 Å². The van der Waals surface area contributed by atoms with E-state index in [2.05, 4.69) is 32.0 Å². The zero-order valence-electron chi connectivity index (χ0n) is 18.5. The molecular formula is C24H34N2O2S. The molecule has 2 aliphatic carbocycles. The SMILES string of the molecule is CO[C@H]1CC[C@]2(CC1)Cc1ccc(CCC(C)C)cc1C21N=C(SC)N(C)C1=O. The van der Waals surface area contributed by atoms with Gasteiger partial charge in [-0.1, -0.05) is 43.8 Å². The van der Waals surface area contributed by atoms with E-state index in [9.17, 15) is 4.79 Å². The maximum atomic E-state index is 13.8. The maximum absolute atomic E-state index is 13.8. The summed E-state index contributed by atoms with van der Waals surface area (Å²) in [5.74, 6) is 0.839. The highest BCUT2D eigenvalue weighted by atomic mass is 32.2. The number of benzene rings is 1. The van der Waals surface area contributed by atoms with Gasteiger partial charge in [-0.25, -0.2) is 4.99 Å². The van der Waals surface area contributed by atoms with Crippen LogP contribution in [0.1, 0.15) is 62.6 Å². The normalized spacial score (nSPS) is 31.2. The third-order valence-electron chi connectivity index (χ3n) is 7.44. The number of fused-ring (bicyclic) bond motifs is 3. The maximum Gasteiger partial charge on any atom is 0.261 e. The molecule has 1 heterocycles. The van der Waals surface area contributed by atoms with Crippen LogP contribution in [0.5, 0.6) is 0 Å². The Morgan fingerprint density at radius 1 is 1.31 bits per heavy atom. The Bertz CT molecular complexity index is 826. The van der Waals surface area contributed by atoms with E-state index in [-0.39, 0.29) is 11.3 Å². The quantitative estimate of drug-likeness (QED) is 0.711. The molecule has 1 saturated carbocycles. The van der Waals surface area contributed by atoms with Crippen LogP contribution in [0.25, 0.3) is 0 Å². The van der Waals surface area contributed by atoms with Crippen molar-refractivity contribution in [2.24, 2.45) is 16.3 Å². The first-order valence-corrected chi connectivity index (χ1v) is 12.2. The number of thioether (sulfide) groups is 1. The fraction of sp³-hybridized carbons (Fsp3) is 0.667. The van der Waals surface area contributed by atoms with Crippen LogP contribution in [-0.2, 0) is 27.9 Å². The highest BCUT2D eigenvalue weighted by Gasteiger charge is 2.66. The average molecular weight is 415 g/mol. The molecule has 1 aromatic rings. The Labute approximate surface area is 179 Å². The minimum atomic E-state index is -0.748. The fourth-order valence-corrected chi connectivity index (χ4v) is 6.31. The average Bonchev–Trinajstić information content (AvgIpc) is 3.14. The van der Waals surface area contributed by atoms with Crippen LogP contribution >= 0.6 is 11.8 Å². The predicted molar refractivity (Wildman–Crippen MR) is 120 cm³/mol. The molecule has 0 radical (unpaired) electrons. The van der Waals surface area contributed by atoms with Gasteiger partial charge in [0.15, 0.2) is 10.7 Å². The molecule has 0 aromatic heterocycles. The molecule has 4 rings (SSSR count). The first kappa shape index (κ1) is 20.9.